The second-order valence-electron chi connectivity index (χ2n) is 4.99. The van der Waals surface area contributed by atoms with E-state index in [1.807, 2.05) is 30.3 Å². The van der Waals surface area contributed by atoms with Gasteiger partial charge in [-0.2, -0.15) is 0 Å². The minimum Gasteiger partial charge on any atom is -0.497 e. The maximum absolute atomic E-state index is 13.2. The summed E-state index contributed by atoms with van der Waals surface area (Å²) in [6, 6.07) is 12.4. The van der Waals surface area contributed by atoms with Crippen LogP contribution in [0.4, 0.5) is 4.39 Å². The van der Waals surface area contributed by atoms with E-state index in [9.17, 15) is 4.39 Å². The van der Waals surface area contributed by atoms with E-state index < -0.39 is 0 Å². The molecule has 0 unspecified atom stereocenters. The molecule has 0 amide bonds. The van der Waals surface area contributed by atoms with Crippen LogP contribution in [-0.2, 0) is 0 Å². The fourth-order valence-electron chi connectivity index (χ4n) is 2.64. The number of fused-ring (bicyclic) bond motifs is 1. The average molecular weight is 284 g/mol. The Kier molecular flexibility index (Phi) is 3.65. The number of halogens is 1. The van der Waals surface area contributed by atoms with Gasteiger partial charge in [0.15, 0.2) is 0 Å². The molecule has 1 heterocycles. The first-order valence-corrected chi connectivity index (χ1v) is 7.02. The largest absolute Gasteiger partial charge is 0.497 e. The first kappa shape index (κ1) is 13.7. The number of ether oxygens (including phenoxy) is 2. The van der Waals surface area contributed by atoms with Crippen LogP contribution in [0, 0.1) is 5.82 Å². The van der Waals surface area contributed by atoms with E-state index >= 15 is 0 Å². The van der Waals surface area contributed by atoms with Gasteiger partial charge in [-0.15, -0.1) is 0 Å². The Bertz CT molecular complexity index is 687. The SMILES string of the molecule is CCC1=C(c2ccc(F)cc2)c2cc(OC)ccc2OC1. The Morgan fingerprint density at radius 2 is 1.90 bits per heavy atom. The van der Waals surface area contributed by atoms with Gasteiger partial charge >= 0.3 is 0 Å². The highest BCUT2D eigenvalue weighted by Gasteiger charge is 2.21. The molecule has 0 saturated carbocycles. The third-order valence-electron chi connectivity index (χ3n) is 3.77. The zero-order valence-electron chi connectivity index (χ0n) is 12.2. The van der Waals surface area contributed by atoms with Gasteiger partial charge in [0, 0.05) is 5.56 Å². The van der Waals surface area contributed by atoms with Crippen molar-refractivity contribution >= 4 is 5.57 Å². The fraction of sp³-hybridized carbons (Fsp3) is 0.222. The Morgan fingerprint density at radius 3 is 2.57 bits per heavy atom. The fourth-order valence-corrected chi connectivity index (χ4v) is 2.64. The zero-order valence-corrected chi connectivity index (χ0v) is 12.2. The predicted molar refractivity (Wildman–Crippen MR) is 81.2 cm³/mol. The highest BCUT2D eigenvalue weighted by atomic mass is 19.1. The minimum atomic E-state index is -0.227. The normalized spacial score (nSPS) is 13.7. The Morgan fingerprint density at radius 1 is 1.14 bits per heavy atom. The van der Waals surface area contributed by atoms with E-state index in [2.05, 4.69) is 6.92 Å². The minimum absolute atomic E-state index is 0.227. The van der Waals surface area contributed by atoms with E-state index in [-0.39, 0.29) is 5.82 Å². The van der Waals surface area contributed by atoms with Crippen LogP contribution in [0.25, 0.3) is 5.57 Å². The van der Waals surface area contributed by atoms with Crippen LogP contribution >= 0.6 is 0 Å². The van der Waals surface area contributed by atoms with Crippen LogP contribution in [0.3, 0.4) is 0 Å². The van der Waals surface area contributed by atoms with Gasteiger partial charge in [0.25, 0.3) is 0 Å². The van der Waals surface area contributed by atoms with Crippen molar-refractivity contribution in [2.75, 3.05) is 13.7 Å². The molecular weight excluding hydrogens is 267 g/mol. The monoisotopic (exact) mass is 284 g/mol. The highest BCUT2D eigenvalue weighted by molar-refractivity contribution is 5.86. The third-order valence-corrected chi connectivity index (χ3v) is 3.77. The van der Waals surface area contributed by atoms with Gasteiger partial charge in [0.2, 0.25) is 0 Å². The van der Waals surface area contributed by atoms with Crippen molar-refractivity contribution < 1.29 is 13.9 Å². The van der Waals surface area contributed by atoms with Crippen LogP contribution < -0.4 is 9.47 Å². The summed E-state index contributed by atoms with van der Waals surface area (Å²) in [5.74, 6) is 1.40. The molecule has 21 heavy (non-hydrogen) atoms. The molecule has 3 heteroatoms. The quantitative estimate of drug-likeness (QED) is 0.829. The van der Waals surface area contributed by atoms with Crippen LogP contribution in [0.5, 0.6) is 11.5 Å². The second kappa shape index (κ2) is 5.60. The lowest BCUT2D eigenvalue weighted by molar-refractivity contribution is 0.341. The molecule has 1 aliphatic rings. The molecule has 2 nitrogen and oxygen atoms in total. The first-order chi connectivity index (χ1) is 10.2. The van der Waals surface area contributed by atoms with Crippen LogP contribution in [0.1, 0.15) is 24.5 Å². The van der Waals surface area contributed by atoms with E-state index in [1.165, 1.54) is 17.7 Å². The first-order valence-electron chi connectivity index (χ1n) is 7.02. The molecule has 0 bridgehead atoms. The van der Waals surface area contributed by atoms with Crippen molar-refractivity contribution in [1.82, 2.24) is 0 Å². The summed E-state index contributed by atoms with van der Waals surface area (Å²) < 4.78 is 24.3. The summed E-state index contributed by atoms with van der Waals surface area (Å²) in [6.07, 6.45) is 0.892. The Balaban J connectivity index is 2.19. The predicted octanol–water partition coefficient (Wildman–Crippen LogP) is 4.44. The van der Waals surface area contributed by atoms with Gasteiger partial charge in [-0.3, -0.25) is 0 Å². The number of hydrogen-bond acceptors (Lipinski definition) is 2. The van der Waals surface area contributed by atoms with Crippen molar-refractivity contribution in [3.63, 3.8) is 0 Å². The number of hydrogen-bond donors (Lipinski definition) is 0. The zero-order chi connectivity index (χ0) is 14.8. The molecule has 0 radical (unpaired) electrons. The summed E-state index contributed by atoms with van der Waals surface area (Å²) in [7, 11) is 1.65. The molecule has 0 spiro atoms. The van der Waals surface area contributed by atoms with E-state index in [4.69, 9.17) is 9.47 Å². The van der Waals surface area contributed by atoms with Gasteiger partial charge in [-0.1, -0.05) is 19.1 Å². The average Bonchev–Trinajstić information content (AvgIpc) is 2.54. The maximum Gasteiger partial charge on any atom is 0.127 e. The lowest BCUT2D eigenvalue weighted by Crippen LogP contribution is -2.12. The van der Waals surface area contributed by atoms with E-state index in [0.29, 0.717) is 6.61 Å². The lowest BCUT2D eigenvalue weighted by atomic mass is 9.90. The molecule has 0 N–H and O–H groups in total. The molecule has 3 rings (SSSR count). The van der Waals surface area contributed by atoms with Crippen LogP contribution in [0.15, 0.2) is 48.0 Å². The number of rotatable bonds is 3. The summed E-state index contributed by atoms with van der Waals surface area (Å²) in [5.41, 5.74) is 4.34. The number of methoxy groups -OCH3 is 1. The summed E-state index contributed by atoms with van der Waals surface area (Å²) in [6.45, 7) is 2.68. The summed E-state index contributed by atoms with van der Waals surface area (Å²) in [4.78, 5) is 0. The molecule has 0 atom stereocenters. The molecule has 1 aliphatic heterocycles. The number of benzene rings is 2. The molecule has 0 fully saturated rings. The molecule has 2 aromatic rings. The molecule has 108 valence electrons. The summed E-state index contributed by atoms with van der Waals surface area (Å²) >= 11 is 0. The summed E-state index contributed by atoms with van der Waals surface area (Å²) in [5, 5.41) is 0. The Hall–Kier alpha value is -2.29. The van der Waals surface area contributed by atoms with Crippen molar-refractivity contribution in [2.45, 2.75) is 13.3 Å². The third kappa shape index (κ3) is 2.51. The van der Waals surface area contributed by atoms with Crippen molar-refractivity contribution in [1.29, 1.82) is 0 Å². The molecule has 2 aromatic carbocycles. The smallest absolute Gasteiger partial charge is 0.127 e. The van der Waals surface area contributed by atoms with Gasteiger partial charge in [-0.05, 0) is 53.5 Å². The molecular formula is C18H17FO2. The van der Waals surface area contributed by atoms with Crippen LogP contribution in [-0.4, -0.2) is 13.7 Å². The topological polar surface area (TPSA) is 18.5 Å². The van der Waals surface area contributed by atoms with Crippen molar-refractivity contribution in [3.8, 4) is 11.5 Å². The molecule has 0 saturated heterocycles. The van der Waals surface area contributed by atoms with Gasteiger partial charge in [0.05, 0.1) is 7.11 Å². The second-order valence-corrected chi connectivity index (χ2v) is 4.99. The Labute approximate surface area is 123 Å². The maximum atomic E-state index is 13.2. The van der Waals surface area contributed by atoms with Crippen LogP contribution in [0.2, 0.25) is 0 Å². The van der Waals surface area contributed by atoms with Gasteiger partial charge < -0.3 is 9.47 Å². The molecule has 0 aliphatic carbocycles. The van der Waals surface area contributed by atoms with Crippen molar-refractivity contribution in [3.05, 3.63) is 65.0 Å². The van der Waals surface area contributed by atoms with Gasteiger partial charge in [0.1, 0.15) is 23.9 Å². The standard InChI is InChI=1S/C18H17FO2/c1-3-12-11-21-17-9-8-15(20-2)10-16(17)18(12)13-4-6-14(19)7-5-13/h4-10H,3,11H2,1-2H3. The van der Waals surface area contributed by atoms with E-state index in [1.54, 1.807) is 7.11 Å². The van der Waals surface area contributed by atoms with Crippen molar-refractivity contribution in [2.24, 2.45) is 0 Å². The molecule has 0 aromatic heterocycles. The highest BCUT2D eigenvalue weighted by Crippen LogP contribution is 2.40. The lowest BCUT2D eigenvalue weighted by Gasteiger charge is -2.24. The van der Waals surface area contributed by atoms with E-state index in [0.717, 1.165) is 34.6 Å². The van der Waals surface area contributed by atoms with Gasteiger partial charge in [-0.25, -0.2) is 4.39 Å².